The zero-order valence-electron chi connectivity index (χ0n) is 17.0. The first kappa shape index (κ1) is 19.2. The summed E-state index contributed by atoms with van der Waals surface area (Å²) in [5.41, 5.74) is 1.35. The molecule has 0 spiro atoms. The molecule has 1 fully saturated rings. The van der Waals surface area contributed by atoms with E-state index in [-0.39, 0.29) is 12.1 Å². The Labute approximate surface area is 169 Å². The molecule has 152 valence electrons. The highest BCUT2D eigenvalue weighted by molar-refractivity contribution is 5.76. The maximum atomic E-state index is 12.4. The SMILES string of the molecule is CC(C)(C)OC(=O)N1CCC[C@@H](Nc2ccnc(-c3cnn4ccccc34)n2)C1. The first-order valence-electron chi connectivity index (χ1n) is 9.89. The fourth-order valence-electron chi connectivity index (χ4n) is 3.47. The Bertz CT molecular complexity index is 1010. The number of anilines is 1. The second kappa shape index (κ2) is 7.69. The molecule has 0 aromatic carbocycles. The number of pyridine rings is 1. The van der Waals surface area contributed by atoms with Gasteiger partial charge in [0.05, 0.1) is 17.3 Å². The largest absolute Gasteiger partial charge is 0.444 e. The standard InChI is InChI=1S/C21H26N6O2/c1-21(2,3)29-20(28)26-11-6-7-15(14-26)24-18-9-10-22-19(25-18)16-13-23-27-12-5-4-8-17(16)27/h4-5,8-10,12-13,15H,6-7,11,14H2,1-3H3,(H,22,24,25)/t15-/m1/s1. The lowest BCUT2D eigenvalue weighted by atomic mass is 10.1. The van der Waals surface area contributed by atoms with Crippen LogP contribution in [0.15, 0.2) is 42.9 Å². The topological polar surface area (TPSA) is 84.6 Å². The van der Waals surface area contributed by atoms with Gasteiger partial charge >= 0.3 is 6.09 Å². The fourth-order valence-corrected chi connectivity index (χ4v) is 3.47. The summed E-state index contributed by atoms with van der Waals surface area (Å²) in [7, 11) is 0. The predicted octanol–water partition coefficient (Wildman–Crippen LogP) is 3.60. The summed E-state index contributed by atoms with van der Waals surface area (Å²) in [4.78, 5) is 23.2. The average Bonchev–Trinajstić information content (AvgIpc) is 3.11. The van der Waals surface area contributed by atoms with E-state index in [1.165, 1.54) is 0 Å². The monoisotopic (exact) mass is 394 g/mol. The molecule has 1 saturated heterocycles. The number of nitrogens with zero attached hydrogens (tertiary/aromatic N) is 5. The molecular formula is C21H26N6O2. The van der Waals surface area contributed by atoms with Gasteiger partial charge in [0.15, 0.2) is 5.82 Å². The number of piperidine rings is 1. The van der Waals surface area contributed by atoms with Crippen molar-refractivity contribution in [2.45, 2.75) is 45.3 Å². The summed E-state index contributed by atoms with van der Waals surface area (Å²) in [5.74, 6) is 1.36. The van der Waals surface area contributed by atoms with Crippen LogP contribution in [-0.4, -0.2) is 55.3 Å². The molecule has 3 aromatic rings. The van der Waals surface area contributed by atoms with Crippen molar-refractivity contribution >= 4 is 17.4 Å². The molecule has 8 heteroatoms. The van der Waals surface area contributed by atoms with Crippen LogP contribution in [0.2, 0.25) is 0 Å². The lowest BCUT2D eigenvalue weighted by molar-refractivity contribution is 0.0206. The summed E-state index contributed by atoms with van der Waals surface area (Å²) >= 11 is 0. The summed E-state index contributed by atoms with van der Waals surface area (Å²) in [5, 5.41) is 7.81. The minimum absolute atomic E-state index is 0.114. The van der Waals surface area contributed by atoms with Gasteiger partial charge in [-0.2, -0.15) is 5.10 Å². The summed E-state index contributed by atoms with van der Waals surface area (Å²) in [6, 6.07) is 7.86. The maximum Gasteiger partial charge on any atom is 0.410 e. The summed E-state index contributed by atoms with van der Waals surface area (Å²) in [6.07, 6.45) is 7.04. The number of hydrogen-bond donors (Lipinski definition) is 1. The van der Waals surface area contributed by atoms with Gasteiger partial charge in [-0.3, -0.25) is 0 Å². The third-order valence-corrected chi connectivity index (χ3v) is 4.75. The maximum absolute atomic E-state index is 12.4. The van der Waals surface area contributed by atoms with Gasteiger partial charge in [0.25, 0.3) is 0 Å². The Morgan fingerprint density at radius 1 is 1.28 bits per heavy atom. The minimum Gasteiger partial charge on any atom is -0.444 e. The van der Waals surface area contributed by atoms with Crippen molar-refractivity contribution in [1.29, 1.82) is 0 Å². The van der Waals surface area contributed by atoms with Crippen molar-refractivity contribution < 1.29 is 9.53 Å². The number of carbonyl (C=O) groups excluding carboxylic acids is 1. The molecule has 0 saturated carbocycles. The van der Waals surface area contributed by atoms with Gasteiger partial charge in [0.1, 0.15) is 11.4 Å². The van der Waals surface area contributed by atoms with E-state index in [1.54, 1.807) is 21.8 Å². The van der Waals surface area contributed by atoms with Crippen LogP contribution < -0.4 is 5.32 Å². The normalized spacial score (nSPS) is 17.3. The molecule has 1 N–H and O–H groups in total. The Morgan fingerprint density at radius 2 is 2.14 bits per heavy atom. The van der Waals surface area contributed by atoms with Crippen LogP contribution >= 0.6 is 0 Å². The quantitative estimate of drug-likeness (QED) is 0.731. The van der Waals surface area contributed by atoms with Crippen molar-refractivity contribution in [3.05, 3.63) is 42.9 Å². The van der Waals surface area contributed by atoms with E-state index in [1.807, 2.05) is 51.2 Å². The predicted molar refractivity (Wildman–Crippen MR) is 111 cm³/mol. The number of aromatic nitrogens is 4. The number of nitrogens with one attached hydrogen (secondary N) is 1. The molecule has 0 radical (unpaired) electrons. The molecule has 1 amide bonds. The molecule has 3 aromatic heterocycles. The second-order valence-corrected chi connectivity index (χ2v) is 8.26. The van der Waals surface area contributed by atoms with E-state index in [4.69, 9.17) is 4.74 Å². The van der Waals surface area contributed by atoms with Gasteiger partial charge in [-0.25, -0.2) is 19.3 Å². The number of fused-ring (bicyclic) bond motifs is 1. The Balaban J connectivity index is 1.47. The zero-order valence-corrected chi connectivity index (χ0v) is 17.0. The number of hydrogen-bond acceptors (Lipinski definition) is 6. The second-order valence-electron chi connectivity index (χ2n) is 8.26. The highest BCUT2D eigenvalue weighted by Crippen LogP contribution is 2.23. The van der Waals surface area contributed by atoms with Gasteiger partial charge in [-0.1, -0.05) is 6.07 Å². The average molecular weight is 394 g/mol. The molecule has 8 nitrogen and oxygen atoms in total. The number of ether oxygens (including phenoxy) is 1. The molecule has 1 atom stereocenters. The van der Waals surface area contributed by atoms with Gasteiger partial charge in [-0.15, -0.1) is 0 Å². The van der Waals surface area contributed by atoms with Crippen molar-refractivity contribution in [2.75, 3.05) is 18.4 Å². The van der Waals surface area contributed by atoms with E-state index in [0.717, 1.165) is 29.7 Å². The smallest absolute Gasteiger partial charge is 0.410 e. The van der Waals surface area contributed by atoms with Crippen LogP contribution in [0.4, 0.5) is 10.6 Å². The van der Waals surface area contributed by atoms with Gasteiger partial charge in [-0.05, 0) is 51.8 Å². The molecule has 0 bridgehead atoms. The Kier molecular flexibility index (Phi) is 5.08. The molecule has 1 aliphatic rings. The molecule has 4 rings (SSSR count). The first-order chi connectivity index (χ1) is 13.9. The van der Waals surface area contributed by atoms with Crippen molar-refractivity contribution in [3.8, 4) is 11.4 Å². The lowest BCUT2D eigenvalue weighted by Gasteiger charge is -2.34. The molecule has 29 heavy (non-hydrogen) atoms. The van der Waals surface area contributed by atoms with E-state index < -0.39 is 5.60 Å². The summed E-state index contributed by atoms with van der Waals surface area (Å²) in [6.45, 7) is 6.95. The molecule has 0 aliphatic carbocycles. The Morgan fingerprint density at radius 3 is 2.97 bits per heavy atom. The van der Waals surface area contributed by atoms with Crippen LogP contribution in [-0.2, 0) is 4.74 Å². The van der Waals surface area contributed by atoms with Crippen LogP contribution in [0.3, 0.4) is 0 Å². The fraction of sp³-hybridized carbons (Fsp3) is 0.429. The lowest BCUT2D eigenvalue weighted by Crippen LogP contribution is -2.47. The number of carbonyl (C=O) groups is 1. The van der Waals surface area contributed by atoms with Crippen LogP contribution in [0.5, 0.6) is 0 Å². The van der Waals surface area contributed by atoms with E-state index in [9.17, 15) is 4.79 Å². The third-order valence-electron chi connectivity index (χ3n) is 4.75. The first-order valence-corrected chi connectivity index (χ1v) is 9.89. The third kappa shape index (κ3) is 4.47. The molecule has 0 unspecified atom stereocenters. The van der Waals surface area contributed by atoms with Gasteiger partial charge in [0.2, 0.25) is 0 Å². The molecular weight excluding hydrogens is 368 g/mol. The van der Waals surface area contributed by atoms with E-state index in [0.29, 0.717) is 18.9 Å². The van der Waals surface area contributed by atoms with Crippen LogP contribution in [0, 0.1) is 0 Å². The van der Waals surface area contributed by atoms with Crippen molar-refractivity contribution in [2.24, 2.45) is 0 Å². The highest BCUT2D eigenvalue weighted by atomic mass is 16.6. The summed E-state index contributed by atoms with van der Waals surface area (Å²) < 4.78 is 7.31. The number of rotatable bonds is 3. The Hall–Kier alpha value is -3.16. The van der Waals surface area contributed by atoms with Crippen molar-refractivity contribution in [1.82, 2.24) is 24.5 Å². The van der Waals surface area contributed by atoms with E-state index in [2.05, 4.69) is 20.4 Å². The number of likely N-dealkylation sites (tertiary alicyclic amines) is 1. The van der Waals surface area contributed by atoms with Crippen molar-refractivity contribution in [3.63, 3.8) is 0 Å². The van der Waals surface area contributed by atoms with Gasteiger partial charge in [0, 0.05) is 31.5 Å². The van der Waals surface area contributed by atoms with Crippen LogP contribution in [0.1, 0.15) is 33.6 Å². The highest BCUT2D eigenvalue weighted by Gasteiger charge is 2.27. The van der Waals surface area contributed by atoms with E-state index >= 15 is 0 Å². The molecule has 4 heterocycles. The minimum atomic E-state index is -0.493. The van der Waals surface area contributed by atoms with Gasteiger partial charge < -0.3 is 15.0 Å². The molecule has 1 aliphatic heterocycles. The number of amides is 1. The van der Waals surface area contributed by atoms with Crippen LogP contribution in [0.25, 0.3) is 16.9 Å². The zero-order chi connectivity index (χ0) is 20.4.